The smallest absolute Gasteiger partial charge is 0.172 e. The lowest BCUT2D eigenvalue weighted by Gasteiger charge is -2.40. The van der Waals surface area contributed by atoms with Gasteiger partial charge in [0.25, 0.3) is 0 Å². The molecule has 0 bridgehead atoms. The van der Waals surface area contributed by atoms with E-state index in [0.717, 1.165) is 13.0 Å². The van der Waals surface area contributed by atoms with Gasteiger partial charge in [-0.2, -0.15) is 0 Å². The molecule has 1 saturated heterocycles. The van der Waals surface area contributed by atoms with Gasteiger partial charge in [0, 0.05) is 5.92 Å². The van der Waals surface area contributed by atoms with Crippen LogP contribution in [-0.4, -0.2) is 18.5 Å². The van der Waals surface area contributed by atoms with Crippen molar-refractivity contribution in [2.45, 2.75) is 59.4 Å². The molecular weight excluding hydrogens is 200 g/mol. The predicted octanol–water partition coefficient (Wildman–Crippen LogP) is 3.52. The second-order valence-corrected chi connectivity index (χ2v) is 6.42. The molecule has 0 radical (unpaired) electrons. The summed E-state index contributed by atoms with van der Waals surface area (Å²) in [5.74, 6) is -0.0144. The normalized spacial score (nSPS) is 43.2. The molecule has 0 aromatic heterocycles. The summed E-state index contributed by atoms with van der Waals surface area (Å²) in [6.45, 7) is 11.8. The summed E-state index contributed by atoms with van der Waals surface area (Å²) >= 11 is 0. The van der Waals surface area contributed by atoms with E-state index in [0.29, 0.717) is 11.3 Å². The van der Waals surface area contributed by atoms with Gasteiger partial charge < -0.3 is 9.47 Å². The number of hydrogen-bond donors (Lipinski definition) is 0. The molecule has 2 heteroatoms. The minimum absolute atomic E-state index is 0.226. The zero-order chi connectivity index (χ0) is 12.0. The van der Waals surface area contributed by atoms with E-state index in [1.165, 1.54) is 12.0 Å². The fourth-order valence-electron chi connectivity index (χ4n) is 3.17. The molecule has 1 aliphatic carbocycles. The van der Waals surface area contributed by atoms with Gasteiger partial charge in [-0.1, -0.05) is 25.5 Å². The maximum absolute atomic E-state index is 5.96. The standard InChI is InChI=1S/C14H24O2/c1-10-6-12(8-13(3,4)7-10)14(5)15-9-11(2)16-14/h6,11-12H,7-9H2,1-5H3. The second-order valence-electron chi connectivity index (χ2n) is 6.42. The van der Waals surface area contributed by atoms with Crippen LogP contribution in [0.25, 0.3) is 0 Å². The van der Waals surface area contributed by atoms with Crippen LogP contribution < -0.4 is 0 Å². The van der Waals surface area contributed by atoms with Crippen molar-refractivity contribution < 1.29 is 9.47 Å². The molecule has 0 spiro atoms. The van der Waals surface area contributed by atoms with Gasteiger partial charge in [-0.3, -0.25) is 0 Å². The van der Waals surface area contributed by atoms with Crippen LogP contribution in [0.1, 0.15) is 47.5 Å². The lowest BCUT2D eigenvalue weighted by atomic mass is 9.71. The van der Waals surface area contributed by atoms with Gasteiger partial charge in [-0.05, 0) is 39.0 Å². The van der Waals surface area contributed by atoms with Crippen molar-refractivity contribution in [3.8, 4) is 0 Å². The Morgan fingerprint density at radius 3 is 2.50 bits per heavy atom. The zero-order valence-electron chi connectivity index (χ0n) is 11.2. The molecule has 0 aromatic rings. The van der Waals surface area contributed by atoms with E-state index in [1.54, 1.807) is 0 Å². The minimum Gasteiger partial charge on any atom is -0.347 e. The Labute approximate surface area is 99.0 Å². The summed E-state index contributed by atoms with van der Waals surface area (Å²) in [5, 5.41) is 0. The fourth-order valence-corrected chi connectivity index (χ4v) is 3.17. The summed E-state index contributed by atoms with van der Waals surface area (Å²) in [4.78, 5) is 0. The van der Waals surface area contributed by atoms with Gasteiger partial charge in [0.2, 0.25) is 0 Å². The summed E-state index contributed by atoms with van der Waals surface area (Å²) in [6.07, 6.45) is 4.91. The molecule has 3 atom stereocenters. The average molecular weight is 224 g/mol. The molecule has 92 valence electrons. The fraction of sp³-hybridized carbons (Fsp3) is 0.857. The molecule has 0 amide bonds. The Bertz CT molecular complexity index is 306. The summed E-state index contributed by atoms with van der Waals surface area (Å²) < 4.78 is 11.8. The van der Waals surface area contributed by atoms with Crippen LogP contribution in [0.15, 0.2) is 11.6 Å². The molecule has 0 saturated carbocycles. The maximum atomic E-state index is 5.96. The molecule has 1 aliphatic heterocycles. The van der Waals surface area contributed by atoms with Crippen LogP contribution in [-0.2, 0) is 9.47 Å². The van der Waals surface area contributed by atoms with Crippen LogP contribution >= 0.6 is 0 Å². The largest absolute Gasteiger partial charge is 0.347 e. The maximum Gasteiger partial charge on any atom is 0.172 e. The van der Waals surface area contributed by atoms with Crippen LogP contribution in [0.5, 0.6) is 0 Å². The van der Waals surface area contributed by atoms with Crippen molar-refractivity contribution in [2.24, 2.45) is 11.3 Å². The highest BCUT2D eigenvalue weighted by Crippen LogP contribution is 2.45. The first-order valence-electron chi connectivity index (χ1n) is 6.30. The zero-order valence-corrected chi connectivity index (χ0v) is 11.2. The number of ether oxygens (including phenoxy) is 2. The second kappa shape index (κ2) is 3.85. The molecule has 1 fully saturated rings. The van der Waals surface area contributed by atoms with Crippen molar-refractivity contribution in [3.05, 3.63) is 11.6 Å². The SMILES string of the molecule is CC1=CC(C2(C)OCC(C)O2)CC(C)(C)C1. The first-order chi connectivity index (χ1) is 7.31. The number of rotatable bonds is 1. The summed E-state index contributed by atoms with van der Waals surface area (Å²) in [5.41, 5.74) is 1.83. The van der Waals surface area contributed by atoms with Crippen LogP contribution in [0.2, 0.25) is 0 Å². The Balaban J connectivity index is 2.18. The first kappa shape index (κ1) is 12.1. The Morgan fingerprint density at radius 2 is 2.00 bits per heavy atom. The predicted molar refractivity (Wildman–Crippen MR) is 65.2 cm³/mol. The molecule has 3 unspecified atom stereocenters. The Kier molecular flexibility index (Phi) is 2.92. The summed E-state index contributed by atoms with van der Waals surface area (Å²) in [6, 6.07) is 0. The average Bonchev–Trinajstić information content (AvgIpc) is 2.44. The highest BCUT2D eigenvalue weighted by molar-refractivity contribution is 5.12. The van der Waals surface area contributed by atoms with Gasteiger partial charge in [-0.25, -0.2) is 0 Å². The van der Waals surface area contributed by atoms with E-state index in [1.807, 2.05) is 0 Å². The third-order valence-corrected chi connectivity index (χ3v) is 3.73. The molecule has 2 aliphatic rings. The first-order valence-corrected chi connectivity index (χ1v) is 6.30. The third-order valence-electron chi connectivity index (χ3n) is 3.73. The molecule has 1 heterocycles. The lowest BCUT2D eigenvalue weighted by molar-refractivity contribution is -0.186. The van der Waals surface area contributed by atoms with E-state index in [2.05, 4.69) is 40.7 Å². The minimum atomic E-state index is -0.404. The van der Waals surface area contributed by atoms with Gasteiger partial charge in [0.15, 0.2) is 5.79 Å². The topological polar surface area (TPSA) is 18.5 Å². The quantitative estimate of drug-likeness (QED) is 0.634. The molecule has 0 N–H and O–H groups in total. The van der Waals surface area contributed by atoms with Gasteiger partial charge in [0.05, 0.1) is 12.7 Å². The highest BCUT2D eigenvalue weighted by atomic mass is 16.7. The molecule has 0 aromatic carbocycles. The van der Waals surface area contributed by atoms with Crippen molar-refractivity contribution in [2.75, 3.05) is 6.61 Å². The molecule has 2 nitrogen and oxygen atoms in total. The lowest BCUT2D eigenvalue weighted by Crippen LogP contribution is -2.39. The third kappa shape index (κ3) is 2.33. The van der Waals surface area contributed by atoms with E-state index < -0.39 is 5.79 Å². The van der Waals surface area contributed by atoms with E-state index in [9.17, 15) is 0 Å². The van der Waals surface area contributed by atoms with Crippen molar-refractivity contribution in [1.29, 1.82) is 0 Å². The molecule has 2 rings (SSSR count). The Hall–Kier alpha value is -0.340. The van der Waals surface area contributed by atoms with Crippen molar-refractivity contribution in [3.63, 3.8) is 0 Å². The molecule has 16 heavy (non-hydrogen) atoms. The van der Waals surface area contributed by atoms with E-state index >= 15 is 0 Å². The van der Waals surface area contributed by atoms with Crippen LogP contribution in [0.3, 0.4) is 0 Å². The van der Waals surface area contributed by atoms with Crippen molar-refractivity contribution >= 4 is 0 Å². The van der Waals surface area contributed by atoms with E-state index in [4.69, 9.17) is 9.47 Å². The molecular formula is C14H24O2. The Morgan fingerprint density at radius 1 is 1.31 bits per heavy atom. The van der Waals surface area contributed by atoms with Gasteiger partial charge in [0.1, 0.15) is 0 Å². The van der Waals surface area contributed by atoms with E-state index in [-0.39, 0.29) is 6.10 Å². The number of allylic oxidation sites excluding steroid dienone is 1. The monoisotopic (exact) mass is 224 g/mol. The van der Waals surface area contributed by atoms with Crippen molar-refractivity contribution in [1.82, 2.24) is 0 Å². The van der Waals surface area contributed by atoms with Gasteiger partial charge in [-0.15, -0.1) is 0 Å². The van der Waals surface area contributed by atoms with Gasteiger partial charge >= 0.3 is 0 Å². The highest BCUT2D eigenvalue weighted by Gasteiger charge is 2.45. The van der Waals surface area contributed by atoms with Crippen LogP contribution in [0, 0.1) is 11.3 Å². The summed E-state index contributed by atoms with van der Waals surface area (Å²) in [7, 11) is 0. The number of hydrogen-bond acceptors (Lipinski definition) is 2. The van der Waals surface area contributed by atoms with Crippen LogP contribution in [0.4, 0.5) is 0 Å².